The fourth-order valence-corrected chi connectivity index (χ4v) is 1.95. The first-order chi connectivity index (χ1) is 9.22. The molecular formula is C16H22FNO. The van der Waals surface area contributed by atoms with Crippen LogP contribution in [0.25, 0.3) is 0 Å². The van der Waals surface area contributed by atoms with Gasteiger partial charge < -0.3 is 10.1 Å². The van der Waals surface area contributed by atoms with Gasteiger partial charge in [0, 0.05) is 12.5 Å². The standard InChI is InChI=1S/C16H22FNO/c1-4-6-7-8-15(18-11-5-2)13-9-10-16(19-3)14(17)12-13/h9-10,12,15,18H,5,7-8,11H2,1-3H3. The lowest BCUT2D eigenvalue weighted by atomic mass is 10.0. The van der Waals surface area contributed by atoms with Gasteiger partial charge in [0.05, 0.1) is 7.11 Å². The quantitative estimate of drug-likeness (QED) is 0.758. The van der Waals surface area contributed by atoms with Gasteiger partial charge in [-0.15, -0.1) is 11.8 Å². The van der Waals surface area contributed by atoms with Gasteiger partial charge in [-0.1, -0.05) is 13.0 Å². The molecule has 0 aliphatic heterocycles. The second kappa shape index (κ2) is 8.55. The Morgan fingerprint density at radius 3 is 2.79 bits per heavy atom. The minimum Gasteiger partial charge on any atom is -0.494 e. The largest absolute Gasteiger partial charge is 0.494 e. The lowest BCUT2D eigenvalue weighted by molar-refractivity contribution is 0.385. The van der Waals surface area contributed by atoms with Gasteiger partial charge >= 0.3 is 0 Å². The van der Waals surface area contributed by atoms with Crippen LogP contribution >= 0.6 is 0 Å². The summed E-state index contributed by atoms with van der Waals surface area (Å²) in [5, 5.41) is 3.43. The second-order valence-electron chi connectivity index (χ2n) is 4.37. The number of halogens is 1. The summed E-state index contributed by atoms with van der Waals surface area (Å²) < 4.78 is 18.7. The van der Waals surface area contributed by atoms with Crippen LogP contribution < -0.4 is 10.1 Å². The van der Waals surface area contributed by atoms with Gasteiger partial charge in [0.25, 0.3) is 0 Å². The number of nitrogens with one attached hydrogen (secondary N) is 1. The van der Waals surface area contributed by atoms with Crippen molar-refractivity contribution in [3.63, 3.8) is 0 Å². The molecule has 1 atom stereocenters. The summed E-state index contributed by atoms with van der Waals surface area (Å²) in [6, 6.07) is 5.28. The van der Waals surface area contributed by atoms with E-state index in [4.69, 9.17) is 4.74 Å². The molecule has 3 heteroatoms. The van der Waals surface area contributed by atoms with E-state index in [0.29, 0.717) is 0 Å². The molecule has 2 nitrogen and oxygen atoms in total. The van der Waals surface area contributed by atoms with Crippen LogP contribution in [0.15, 0.2) is 18.2 Å². The van der Waals surface area contributed by atoms with E-state index in [9.17, 15) is 4.39 Å². The number of ether oxygens (including phenoxy) is 1. The van der Waals surface area contributed by atoms with Crippen LogP contribution in [0.2, 0.25) is 0 Å². The summed E-state index contributed by atoms with van der Waals surface area (Å²) in [4.78, 5) is 0. The Morgan fingerprint density at radius 2 is 2.21 bits per heavy atom. The average molecular weight is 263 g/mol. The molecule has 1 N–H and O–H groups in total. The molecule has 0 saturated heterocycles. The third-order valence-electron chi connectivity index (χ3n) is 2.95. The zero-order valence-electron chi connectivity index (χ0n) is 11.9. The molecule has 0 saturated carbocycles. The molecule has 0 spiro atoms. The molecule has 1 aromatic carbocycles. The Balaban J connectivity index is 2.81. The van der Waals surface area contributed by atoms with Gasteiger partial charge in [0.2, 0.25) is 0 Å². The summed E-state index contributed by atoms with van der Waals surface area (Å²) in [5.74, 6) is 5.91. The summed E-state index contributed by atoms with van der Waals surface area (Å²) in [6.07, 6.45) is 2.74. The smallest absolute Gasteiger partial charge is 0.165 e. The average Bonchev–Trinajstić information content (AvgIpc) is 2.42. The van der Waals surface area contributed by atoms with Crippen molar-refractivity contribution in [1.82, 2.24) is 5.32 Å². The van der Waals surface area contributed by atoms with Crippen molar-refractivity contribution < 1.29 is 9.13 Å². The third-order valence-corrected chi connectivity index (χ3v) is 2.95. The Bertz CT molecular complexity index is 448. The fraction of sp³-hybridized carbons (Fsp3) is 0.500. The molecule has 1 rings (SSSR count). The molecule has 0 aromatic heterocycles. The summed E-state index contributed by atoms with van der Waals surface area (Å²) in [6.45, 7) is 4.86. The predicted octanol–water partition coefficient (Wildman–Crippen LogP) is 3.68. The maximum absolute atomic E-state index is 13.7. The molecular weight excluding hydrogens is 241 g/mol. The van der Waals surface area contributed by atoms with Gasteiger partial charge in [0.15, 0.2) is 11.6 Å². The van der Waals surface area contributed by atoms with Crippen molar-refractivity contribution in [2.24, 2.45) is 0 Å². The van der Waals surface area contributed by atoms with Crippen molar-refractivity contribution in [2.75, 3.05) is 13.7 Å². The first-order valence-corrected chi connectivity index (χ1v) is 6.69. The maximum atomic E-state index is 13.7. The Kier molecular flexibility index (Phi) is 6.99. The van der Waals surface area contributed by atoms with Crippen LogP contribution in [-0.2, 0) is 0 Å². The fourth-order valence-electron chi connectivity index (χ4n) is 1.95. The Labute approximate surface area is 115 Å². The number of benzene rings is 1. The van der Waals surface area contributed by atoms with Crippen LogP contribution in [0, 0.1) is 17.7 Å². The van der Waals surface area contributed by atoms with Crippen molar-refractivity contribution in [1.29, 1.82) is 0 Å². The van der Waals surface area contributed by atoms with Crippen LogP contribution in [0.5, 0.6) is 5.75 Å². The topological polar surface area (TPSA) is 21.3 Å². The normalized spacial score (nSPS) is 11.6. The molecule has 1 aromatic rings. The van der Waals surface area contributed by atoms with E-state index < -0.39 is 0 Å². The zero-order valence-corrected chi connectivity index (χ0v) is 11.9. The van der Waals surface area contributed by atoms with E-state index in [2.05, 4.69) is 24.1 Å². The summed E-state index contributed by atoms with van der Waals surface area (Å²) >= 11 is 0. The van der Waals surface area contributed by atoms with Gasteiger partial charge in [0.1, 0.15) is 0 Å². The molecule has 0 amide bonds. The van der Waals surface area contributed by atoms with E-state index in [1.165, 1.54) is 7.11 Å². The van der Waals surface area contributed by atoms with E-state index in [1.807, 2.05) is 13.0 Å². The minimum absolute atomic E-state index is 0.140. The number of hydrogen-bond donors (Lipinski definition) is 1. The second-order valence-corrected chi connectivity index (χ2v) is 4.37. The summed E-state index contributed by atoms with van der Waals surface area (Å²) in [5.41, 5.74) is 0.949. The Morgan fingerprint density at radius 1 is 1.42 bits per heavy atom. The van der Waals surface area contributed by atoms with Crippen LogP contribution in [0.4, 0.5) is 4.39 Å². The van der Waals surface area contributed by atoms with Gasteiger partial charge in [-0.3, -0.25) is 0 Å². The molecule has 19 heavy (non-hydrogen) atoms. The molecule has 0 aliphatic rings. The van der Waals surface area contributed by atoms with Crippen LogP contribution in [0.1, 0.15) is 44.7 Å². The van der Waals surface area contributed by atoms with Gasteiger partial charge in [-0.2, -0.15) is 0 Å². The minimum atomic E-state index is -0.315. The maximum Gasteiger partial charge on any atom is 0.165 e. The lowest BCUT2D eigenvalue weighted by Crippen LogP contribution is -2.22. The number of rotatable bonds is 7. The molecule has 1 unspecified atom stereocenters. The van der Waals surface area contributed by atoms with Crippen molar-refractivity contribution in [2.45, 2.75) is 39.2 Å². The van der Waals surface area contributed by atoms with Crippen molar-refractivity contribution in [3.8, 4) is 17.6 Å². The monoisotopic (exact) mass is 263 g/mol. The Hall–Kier alpha value is -1.53. The zero-order chi connectivity index (χ0) is 14.1. The lowest BCUT2D eigenvalue weighted by Gasteiger charge is -2.18. The van der Waals surface area contributed by atoms with E-state index in [0.717, 1.165) is 31.4 Å². The van der Waals surface area contributed by atoms with Crippen LogP contribution in [0.3, 0.4) is 0 Å². The molecule has 0 heterocycles. The highest BCUT2D eigenvalue weighted by Gasteiger charge is 2.12. The first kappa shape index (κ1) is 15.5. The van der Waals surface area contributed by atoms with E-state index >= 15 is 0 Å². The van der Waals surface area contributed by atoms with Gasteiger partial charge in [-0.25, -0.2) is 4.39 Å². The summed E-state index contributed by atoms with van der Waals surface area (Å²) in [7, 11) is 1.47. The SMILES string of the molecule is CC#CCCC(NCCC)c1ccc(OC)c(F)c1. The van der Waals surface area contributed by atoms with Crippen molar-refractivity contribution in [3.05, 3.63) is 29.6 Å². The third kappa shape index (κ3) is 4.92. The molecule has 0 fully saturated rings. The van der Waals surface area contributed by atoms with E-state index in [-0.39, 0.29) is 17.6 Å². The van der Waals surface area contributed by atoms with Crippen molar-refractivity contribution >= 4 is 0 Å². The highest BCUT2D eigenvalue weighted by Crippen LogP contribution is 2.24. The molecule has 0 aliphatic carbocycles. The highest BCUT2D eigenvalue weighted by atomic mass is 19.1. The molecule has 0 radical (unpaired) electrons. The molecule has 104 valence electrons. The predicted molar refractivity (Wildman–Crippen MR) is 76.7 cm³/mol. The van der Waals surface area contributed by atoms with Gasteiger partial charge in [-0.05, 0) is 44.0 Å². The number of hydrogen-bond acceptors (Lipinski definition) is 2. The van der Waals surface area contributed by atoms with Crippen LogP contribution in [-0.4, -0.2) is 13.7 Å². The molecule has 0 bridgehead atoms. The van der Waals surface area contributed by atoms with E-state index in [1.54, 1.807) is 12.1 Å². The first-order valence-electron chi connectivity index (χ1n) is 6.69. The number of methoxy groups -OCH3 is 1. The highest BCUT2D eigenvalue weighted by molar-refractivity contribution is 5.31.